The van der Waals surface area contributed by atoms with Gasteiger partial charge in [0.05, 0.1) is 23.4 Å². The quantitative estimate of drug-likeness (QED) is 0.662. The third-order valence-corrected chi connectivity index (χ3v) is 6.61. The van der Waals surface area contributed by atoms with Gasteiger partial charge < -0.3 is 15.5 Å². The average Bonchev–Trinajstić information content (AvgIpc) is 3.00. The number of urea groups is 1. The first kappa shape index (κ1) is 18.0. The number of amides is 2. The zero-order valence-electron chi connectivity index (χ0n) is 13.5. The van der Waals surface area contributed by atoms with Gasteiger partial charge in [-0.25, -0.2) is 18.3 Å². The molecular weight excluding hydrogens is 370 g/mol. The Morgan fingerprint density at radius 3 is 2.64 bits per heavy atom. The van der Waals surface area contributed by atoms with E-state index >= 15 is 0 Å². The second kappa shape index (κ2) is 7.20. The van der Waals surface area contributed by atoms with E-state index in [9.17, 15) is 18.0 Å². The van der Waals surface area contributed by atoms with Gasteiger partial charge in [-0.3, -0.25) is 4.79 Å². The lowest BCUT2D eigenvalue weighted by Gasteiger charge is -2.24. The zero-order chi connectivity index (χ0) is 18.0. The van der Waals surface area contributed by atoms with E-state index in [4.69, 9.17) is 11.6 Å². The van der Waals surface area contributed by atoms with E-state index in [1.807, 2.05) is 4.90 Å². The molecule has 0 bridgehead atoms. The third-order valence-electron chi connectivity index (χ3n) is 4.53. The van der Waals surface area contributed by atoms with E-state index in [0.717, 1.165) is 6.42 Å². The van der Waals surface area contributed by atoms with Gasteiger partial charge in [0.25, 0.3) is 5.56 Å². The summed E-state index contributed by atoms with van der Waals surface area (Å²) >= 11 is 6.00. The smallest absolute Gasteiger partial charge is 0.315 e. The van der Waals surface area contributed by atoms with Crippen LogP contribution in [0.15, 0.2) is 11.0 Å². The van der Waals surface area contributed by atoms with Crippen LogP contribution in [0.1, 0.15) is 19.3 Å². The summed E-state index contributed by atoms with van der Waals surface area (Å²) in [4.78, 5) is 25.5. The normalized spacial score (nSPS) is 23.4. The van der Waals surface area contributed by atoms with Gasteiger partial charge in [-0.1, -0.05) is 11.6 Å². The first-order chi connectivity index (χ1) is 11.8. The number of hydrogen-bond donors (Lipinski definition) is 3. The van der Waals surface area contributed by atoms with Crippen LogP contribution in [-0.2, 0) is 9.84 Å². The average molecular weight is 390 g/mol. The number of carbonyl (C=O) groups excluding carboxylic acids is 1. The van der Waals surface area contributed by atoms with Crippen LogP contribution < -0.4 is 21.1 Å². The van der Waals surface area contributed by atoms with Crippen molar-refractivity contribution in [2.24, 2.45) is 0 Å². The van der Waals surface area contributed by atoms with Crippen LogP contribution in [0.3, 0.4) is 0 Å². The van der Waals surface area contributed by atoms with E-state index in [-0.39, 0.29) is 34.6 Å². The van der Waals surface area contributed by atoms with E-state index in [1.54, 1.807) is 0 Å². The maximum absolute atomic E-state index is 12.1. The van der Waals surface area contributed by atoms with Gasteiger partial charge in [-0.05, 0) is 19.3 Å². The van der Waals surface area contributed by atoms with Gasteiger partial charge in [0.15, 0.2) is 0 Å². The number of halogens is 1. The highest BCUT2D eigenvalue weighted by Crippen LogP contribution is 2.24. The fourth-order valence-corrected chi connectivity index (χ4v) is 4.84. The molecule has 138 valence electrons. The van der Waals surface area contributed by atoms with E-state index in [2.05, 4.69) is 20.8 Å². The van der Waals surface area contributed by atoms with Crippen molar-refractivity contribution in [3.8, 4) is 0 Å². The first-order valence-electron chi connectivity index (χ1n) is 8.09. The first-order valence-corrected chi connectivity index (χ1v) is 10.3. The molecule has 0 radical (unpaired) electrons. The zero-order valence-corrected chi connectivity index (χ0v) is 15.1. The van der Waals surface area contributed by atoms with Gasteiger partial charge in [0.2, 0.25) is 0 Å². The summed E-state index contributed by atoms with van der Waals surface area (Å²) in [6.45, 7) is 1.18. The van der Waals surface area contributed by atoms with E-state index < -0.39 is 15.4 Å². The highest BCUT2D eigenvalue weighted by atomic mass is 35.5. The molecule has 1 atom stereocenters. The Bertz CT molecular complexity index is 798. The van der Waals surface area contributed by atoms with Crippen molar-refractivity contribution in [3.05, 3.63) is 21.6 Å². The number of aromatic amines is 1. The molecule has 11 heteroatoms. The van der Waals surface area contributed by atoms with Crippen molar-refractivity contribution in [1.82, 2.24) is 20.8 Å². The Labute approximate surface area is 150 Å². The maximum Gasteiger partial charge on any atom is 0.315 e. The van der Waals surface area contributed by atoms with Crippen molar-refractivity contribution in [2.45, 2.75) is 31.3 Å². The maximum atomic E-state index is 12.1. The number of anilines is 1. The van der Waals surface area contributed by atoms with Crippen LogP contribution in [0.2, 0.25) is 5.02 Å². The van der Waals surface area contributed by atoms with Crippen LogP contribution in [0.5, 0.6) is 0 Å². The number of rotatable bonds is 3. The van der Waals surface area contributed by atoms with Crippen molar-refractivity contribution in [1.29, 1.82) is 0 Å². The molecule has 2 fully saturated rings. The van der Waals surface area contributed by atoms with Crippen LogP contribution in [0, 0.1) is 0 Å². The molecule has 3 heterocycles. The summed E-state index contributed by atoms with van der Waals surface area (Å²) in [5.41, 5.74) is 0.105. The summed E-state index contributed by atoms with van der Waals surface area (Å²) in [7, 11) is -2.94. The second-order valence-corrected chi connectivity index (χ2v) is 9.06. The SMILES string of the molecule is O=C(NC1CCS(=O)(=O)CC1)N[C@@H]1CCN(c2cn[nH]c(=O)c2Cl)C1. The molecule has 0 spiro atoms. The van der Waals surface area contributed by atoms with Crippen LogP contribution >= 0.6 is 11.6 Å². The molecule has 25 heavy (non-hydrogen) atoms. The molecule has 2 amide bonds. The predicted molar refractivity (Wildman–Crippen MR) is 93.8 cm³/mol. The highest BCUT2D eigenvalue weighted by Gasteiger charge is 2.28. The molecule has 0 aromatic carbocycles. The van der Waals surface area contributed by atoms with Crippen molar-refractivity contribution >= 4 is 33.2 Å². The fraction of sp³-hybridized carbons (Fsp3) is 0.643. The molecule has 2 aliphatic heterocycles. The number of nitrogens with zero attached hydrogens (tertiary/aromatic N) is 2. The monoisotopic (exact) mass is 389 g/mol. The van der Waals surface area contributed by atoms with Gasteiger partial charge in [0, 0.05) is 25.2 Å². The molecule has 0 aliphatic carbocycles. The van der Waals surface area contributed by atoms with Gasteiger partial charge in [-0.2, -0.15) is 5.10 Å². The van der Waals surface area contributed by atoms with E-state index in [1.165, 1.54) is 6.20 Å². The number of sulfone groups is 1. The molecule has 1 aromatic heterocycles. The molecule has 2 saturated heterocycles. The number of nitrogens with one attached hydrogen (secondary N) is 3. The predicted octanol–water partition coefficient (Wildman–Crippen LogP) is -0.122. The van der Waals surface area contributed by atoms with Crippen molar-refractivity contribution in [2.75, 3.05) is 29.5 Å². The van der Waals surface area contributed by atoms with Gasteiger partial charge >= 0.3 is 6.03 Å². The Balaban J connectivity index is 1.50. The van der Waals surface area contributed by atoms with Crippen LogP contribution in [0.25, 0.3) is 0 Å². The van der Waals surface area contributed by atoms with Crippen LogP contribution in [-0.4, -0.2) is 61.3 Å². The number of carbonyl (C=O) groups is 1. The third kappa shape index (κ3) is 4.43. The minimum atomic E-state index is -2.94. The summed E-state index contributed by atoms with van der Waals surface area (Å²) in [5.74, 6) is 0.229. The number of hydrogen-bond acceptors (Lipinski definition) is 6. The largest absolute Gasteiger partial charge is 0.367 e. The molecular formula is C14H20ClN5O4S. The number of aromatic nitrogens is 2. The van der Waals surface area contributed by atoms with E-state index in [0.29, 0.717) is 31.6 Å². The van der Waals surface area contributed by atoms with Gasteiger partial charge in [0.1, 0.15) is 14.9 Å². The lowest BCUT2D eigenvalue weighted by molar-refractivity contribution is 0.233. The molecule has 3 N–H and O–H groups in total. The minimum absolute atomic E-state index is 0.0809. The Morgan fingerprint density at radius 2 is 1.92 bits per heavy atom. The summed E-state index contributed by atoms with van der Waals surface area (Å²) < 4.78 is 22.8. The Hall–Kier alpha value is -1.81. The summed E-state index contributed by atoms with van der Waals surface area (Å²) in [5, 5.41) is 11.8. The topological polar surface area (TPSA) is 124 Å². The standard InChI is InChI=1S/C14H20ClN5O4S/c15-12-11(7-16-19-13(12)21)20-4-1-10(8-20)18-14(22)17-9-2-5-25(23,24)6-3-9/h7,9-10H,1-6,8H2,(H,19,21)(H2,17,18,22)/t10-/m1/s1. The molecule has 0 saturated carbocycles. The summed E-state index contributed by atoms with van der Waals surface area (Å²) in [6.07, 6.45) is 3.10. The minimum Gasteiger partial charge on any atom is -0.367 e. The Morgan fingerprint density at radius 1 is 1.24 bits per heavy atom. The fourth-order valence-electron chi connectivity index (χ4n) is 3.14. The second-order valence-electron chi connectivity index (χ2n) is 6.37. The lowest BCUT2D eigenvalue weighted by atomic mass is 10.1. The lowest BCUT2D eigenvalue weighted by Crippen LogP contribution is -2.49. The molecule has 2 aliphatic rings. The highest BCUT2D eigenvalue weighted by molar-refractivity contribution is 7.91. The van der Waals surface area contributed by atoms with Gasteiger partial charge in [-0.15, -0.1) is 0 Å². The molecule has 1 aromatic rings. The van der Waals surface area contributed by atoms with Crippen molar-refractivity contribution < 1.29 is 13.2 Å². The summed E-state index contributed by atoms with van der Waals surface area (Å²) in [6, 6.07) is -0.499. The Kier molecular flexibility index (Phi) is 5.19. The number of H-pyrrole nitrogens is 1. The molecule has 3 rings (SSSR count). The van der Waals surface area contributed by atoms with Crippen molar-refractivity contribution in [3.63, 3.8) is 0 Å². The molecule has 9 nitrogen and oxygen atoms in total. The van der Waals surface area contributed by atoms with Crippen LogP contribution in [0.4, 0.5) is 10.5 Å². The molecule has 0 unspecified atom stereocenters.